The molecule has 0 aliphatic rings. The molecule has 2 N–H and O–H groups in total. The standard InChI is InChI=1S/C9H8BrF2N3/c10-3-6-5(1-2-13)9(14)15-4-7(6)8(11)12/h4,8H,1,3H2,(H2,14,15). The van der Waals surface area contributed by atoms with Gasteiger partial charge in [-0.05, 0) is 5.56 Å². The van der Waals surface area contributed by atoms with E-state index < -0.39 is 6.43 Å². The van der Waals surface area contributed by atoms with Crippen molar-refractivity contribution < 1.29 is 8.78 Å². The zero-order valence-electron chi connectivity index (χ0n) is 7.67. The number of hydrogen-bond acceptors (Lipinski definition) is 3. The molecule has 0 aromatic carbocycles. The number of nitriles is 1. The van der Waals surface area contributed by atoms with Crippen LogP contribution in [0.1, 0.15) is 23.1 Å². The topological polar surface area (TPSA) is 62.7 Å². The van der Waals surface area contributed by atoms with E-state index in [0.29, 0.717) is 11.1 Å². The first-order valence-corrected chi connectivity index (χ1v) is 5.21. The number of anilines is 1. The third kappa shape index (κ3) is 2.42. The molecule has 1 heterocycles. The first-order valence-electron chi connectivity index (χ1n) is 4.09. The summed E-state index contributed by atoms with van der Waals surface area (Å²) < 4.78 is 25.2. The number of nitrogens with two attached hydrogens (primary N) is 1. The average Bonchev–Trinajstić information content (AvgIpc) is 2.20. The van der Waals surface area contributed by atoms with Crippen LogP contribution in [0.4, 0.5) is 14.6 Å². The smallest absolute Gasteiger partial charge is 0.265 e. The Bertz CT molecular complexity index is 401. The Kier molecular flexibility index (Phi) is 3.97. The highest BCUT2D eigenvalue weighted by molar-refractivity contribution is 9.08. The molecule has 0 radical (unpaired) electrons. The van der Waals surface area contributed by atoms with E-state index in [1.54, 1.807) is 0 Å². The van der Waals surface area contributed by atoms with E-state index in [1.165, 1.54) is 0 Å². The summed E-state index contributed by atoms with van der Waals surface area (Å²) in [5.74, 6) is 0.135. The van der Waals surface area contributed by atoms with E-state index in [0.717, 1.165) is 6.20 Å². The Labute approximate surface area is 94.0 Å². The number of hydrogen-bond donors (Lipinski definition) is 1. The van der Waals surface area contributed by atoms with Gasteiger partial charge in [-0.3, -0.25) is 0 Å². The second-order valence-electron chi connectivity index (χ2n) is 2.83. The Hall–Kier alpha value is -1.22. The van der Waals surface area contributed by atoms with Crippen molar-refractivity contribution in [3.63, 3.8) is 0 Å². The molecule has 3 nitrogen and oxygen atoms in total. The number of pyridine rings is 1. The number of nitrogens with zero attached hydrogens (tertiary/aromatic N) is 2. The number of nitrogen functional groups attached to an aromatic ring is 1. The van der Waals surface area contributed by atoms with Crippen molar-refractivity contribution in [2.24, 2.45) is 0 Å². The van der Waals surface area contributed by atoms with E-state index in [-0.39, 0.29) is 23.1 Å². The second kappa shape index (κ2) is 5.03. The van der Waals surface area contributed by atoms with Crippen LogP contribution >= 0.6 is 15.9 Å². The van der Waals surface area contributed by atoms with E-state index >= 15 is 0 Å². The molecule has 0 saturated heterocycles. The van der Waals surface area contributed by atoms with Gasteiger partial charge in [0.25, 0.3) is 6.43 Å². The van der Waals surface area contributed by atoms with Crippen molar-refractivity contribution in [3.8, 4) is 6.07 Å². The molecule has 0 unspecified atom stereocenters. The number of alkyl halides is 3. The summed E-state index contributed by atoms with van der Waals surface area (Å²) in [6.45, 7) is 0. The maximum absolute atomic E-state index is 12.6. The summed E-state index contributed by atoms with van der Waals surface area (Å²) in [7, 11) is 0. The molecule has 0 atom stereocenters. The van der Waals surface area contributed by atoms with Gasteiger partial charge in [-0.25, -0.2) is 13.8 Å². The summed E-state index contributed by atoms with van der Waals surface area (Å²) in [5.41, 5.74) is 6.09. The third-order valence-corrected chi connectivity index (χ3v) is 2.55. The first-order chi connectivity index (χ1) is 7.11. The minimum Gasteiger partial charge on any atom is -0.383 e. The Balaban J connectivity index is 3.34. The van der Waals surface area contributed by atoms with Gasteiger partial charge in [0.1, 0.15) is 5.82 Å². The molecule has 0 spiro atoms. The SMILES string of the molecule is N#CCc1c(N)ncc(C(F)F)c1CBr. The molecule has 1 rings (SSSR count). The van der Waals surface area contributed by atoms with Crippen LogP contribution in [0.15, 0.2) is 6.20 Å². The summed E-state index contributed by atoms with van der Waals surface area (Å²) in [5, 5.41) is 8.79. The van der Waals surface area contributed by atoms with Crippen molar-refractivity contribution in [2.75, 3.05) is 5.73 Å². The van der Waals surface area contributed by atoms with Crippen molar-refractivity contribution in [2.45, 2.75) is 18.2 Å². The minimum atomic E-state index is -2.61. The van der Waals surface area contributed by atoms with Crippen molar-refractivity contribution >= 4 is 21.7 Å². The van der Waals surface area contributed by atoms with Gasteiger partial charge in [-0.2, -0.15) is 5.26 Å². The quantitative estimate of drug-likeness (QED) is 0.863. The van der Waals surface area contributed by atoms with Crippen molar-refractivity contribution in [1.82, 2.24) is 4.98 Å². The van der Waals surface area contributed by atoms with Crippen LogP contribution in [0, 0.1) is 11.3 Å². The Morgan fingerprint density at radius 2 is 2.20 bits per heavy atom. The van der Waals surface area contributed by atoms with Crippen LogP contribution < -0.4 is 5.73 Å². The molecular weight excluding hydrogens is 268 g/mol. The largest absolute Gasteiger partial charge is 0.383 e. The normalized spacial score (nSPS) is 10.3. The van der Waals surface area contributed by atoms with Crippen LogP contribution in [-0.2, 0) is 11.8 Å². The van der Waals surface area contributed by atoms with Gasteiger partial charge in [-0.1, -0.05) is 15.9 Å². The van der Waals surface area contributed by atoms with E-state index in [2.05, 4.69) is 20.9 Å². The van der Waals surface area contributed by atoms with Gasteiger partial charge < -0.3 is 5.73 Å². The molecule has 0 aliphatic heterocycles. The van der Waals surface area contributed by atoms with Gasteiger partial charge in [0, 0.05) is 22.7 Å². The fourth-order valence-corrected chi connectivity index (χ4v) is 1.91. The third-order valence-electron chi connectivity index (χ3n) is 1.99. The molecule has 80 valence electrons. The van der Waals surface area contributed by atoms with Gasteiger partial charge in [0.2, 0.25) is 0 Å². The molecule has 0 amide bonds. The molecule has 15 heavy (non-hydrogen) atoms. The van der Waals surface area contributed by atoms with Crippen LogP contribution in [0.3, 0.4) is 0 Å². The number of aromatic nitrogens is 1. The van der Waals surface area contributed by atoms with Crippen molar-refractivity contribution in [1.29, 1.82) is 5.26 Å². The monoisotopic (exact) mass is 275 g/mol. The van der Waals surface area contributed by atoms with Crippen LogP contribution in [0.2, 0.25) is 0 Å². The lowest BCUT2D eigenvalue weighted by molar-refractivity contribution is 0.150. The molecule has 0 aliphatic carbocycles. The summed E-state index contributed by atoms with van der Waals surface area (Å²) >= 11 is 3.11. The Morgan fingerprint density at radius 3 is 2.67 bits per heavy atom. The lowest BCUT2D eigenvalue weighted by Crippen LogP contribution is -2.05. The van der Waals surface area contributed by atoms with Crippen LogP contribution in [0.5, 0.6) is 0 Å². The van der Waals surface area contributed by atoms with Crippen molar-refractivity contribution in [3.05, 3.63) is 22.9 Å². The molecular formula is C9H8BrF2N3. The lowest BCUT2D eigenvalue weighted by atomic mass is 10.0. The van der Waals surface area contributed by atoms with Gasteiger partial charge in [0.15, 0.2) is 0 Å². The highest BCUT2D eigenvalue weighted by Crippen LogP contribution is 2.29. The van der Waals surface area contributed by atoms with Gasteiger partial charge in [0.05, 0.1) is 12.5 Å². The second-order valence-corrected chi connectivity index (χ2v) is 3.39. The maximum atomic E-state index is 12.6. The molecule has 1 aromatic rings. The number of rotatable bonds is 3. The lowest BCUT2D eigenvalue weighted by Gasteiger charge is -2.11. The fourth-order valence-electron chi connectivity index (χ4n) is 1.25. The van der Waals surface area contributed by atoms with E-state index in [1.807, 2.05) is 6.07 Å². The van der Waals surface area contributed by atoms with Gasteiger partial charge >= 0.3 is 0 Å². The first kappa shape index (κ1) is 11.9. The zero-order valence-corrected chi connectivity index (χ0v) is 9.26. The minimum absolute atomic E-state index is 0.0136. The predicted molar refractivity (Wildman–Crippen MR) is 55.6 cm³/mol. The summed E-state index contributed by atoms with van der Waals surface area (Å²) in [4.78, 5) is 3.65. The zero-order chi connectivity index (χ0) is 11.4. The highest BCUT2D eigenvalue weighted by Gasteiger charge is 2.18. The predicted octanol–water partition coefficient (Wildman–Crippen LogP) is 2.56. The summed E-state index contributed by atoms with van der Waals surface area (Å²) in [6.07, 6.45) is -1.57. The maximum Gasteiger partial charge on any atom is 0.265 e. The fraction of sp³-hybridized carbons (Fsp3) is 0.333. The van der Waals surface area contributed by atoms with E-state index in [4.69, 9.17) is 11.0 Å². The molecule has 1 aromatic heterocycles. The molecule has 0 fully saturated rings. The van der Waals surface area contributed by atoms with Gasteiger partial charge in [-0.15, -0.1) is 0 Å². The molecule has 0 saturated carbocycles. The average molecular weight is 276 g/mol. The van der Waals surface area contributed by atoms with Crippen LogP contribution in [-0.4, -0.2) is 4.98 Å². The molecule has 6 heteroatoms. The highest BCUT2D eigenvalue weighted by atomic mass is 79.9. The Morgan fingerprint density at radius 1 is 1.53 bits per heavy atom. The number of halogens is 3. The summed E-state index contributed by atoms with van der Waals surface area (Å²) in [6, 6.07) is 1.88. The molecule has 0 bridgehead atoms. The van der Waals surface area contributed by atoms with Crippen LogP contribution in [0.25, 0.3) is 0 Å². The van der Waals surface area contributed by atoms with E-state index in [9.17, 15) is 8.78 Å².